The van der Waals surface area contributed by atoms with Crippen molar-refractivity contribution in [2.75, 3.05) is 31.9 Å². The number of nitrogens with zero attached hydrogens (tertiary/aromatic N) is 1. The van der Waals surface area contributed by atoms with Crippen molar-refractivity contribution in [2.24, 2.45) is 0 Å². The van der Waals surface area contributed by atoms with Gasteiger partial charge in [-0.25, -0.2) is 0 Å². The van der Waals surface area contributed by atoms with Crippen molar-refractivity contribution < 1.29 is 32.2 Å². The van der Waals surface area contributed by atoms with Gasteiger partial charge in [0.05, 0.1) is 12.8 Å². The van der Waals surface area contributed by atoms with Crippen LogP contribution < -0.4 is 9.64 Å². The molecular weight excluding hydrogens is 387 g/mol. The second-order valence-electron chi connectivity index (χ2n) is 7.02. The highest BCUT2D eigenvalue weighted by Gasteiger charge is 2.32. The molecule has 1 aromatic carbocycles. The normalized spacial score (nSPS) is 17.9. The fourth-order valence-corrected chi connectivity index (χ4v) is 3.44. The van der Waals surface area contributed by atoms with Crippen LogP contribution in [0.1, 0.15) is 30.6 Å². The third-order valence-electron chi connectivity index (χ3n) is 4.66. The fraction of sp³-hybridized carbons (Fsp3) is 0.381. The van der Waals surface area contributed by atoms with E-state index < -0.39 is 17.9 Å². The monoisotopic (exact) mass is 409 g/mol. The number of Topliss-reactive ketones (excluding diaryl/α,β-unsaturated/α-hetero) is 1. The minimum Gasteiger partial charge on any atom is -0.500 e. The van der Waals surface area contributed by atoms with E-state index in [2.05, 4.69) is 4.74 Å². The van der Waals surface area contributed by atoms with Crippen LogP contribution in [0.5, 0.6) is 5.75 Å². The summed E-state index contributed by atoms with van der Waals surface area (Å²) in [6, 6.07) is 3.78. The van der Waals surface area contributed by atoms with Crippen LogP contribution in [-0.2, 0) is 9.47 Å². The summed E-state index contributed by atoms with van der Waals surface area (Å²) in [7, 11) is 1.63. The molecule has 0 N–H and O–H groups in total. The van der Waals surface area contributed by atoms with Gasteiger partial charge in [-0.3, -0.25) is 4.79 Å². The number of ether oxygens (including phenoxy) is 3. The number of allylic oxidation sites excluding steroid dienone is 3. The molecule has 1 aliphatic heterocycles. The number of benzene rings is 1. The summed E-state index contributed by atoms with van der Waals surface area (Å²) in [5.74, 6) is 0.0548. The van der Waals surface area contributed by atoms with Crippen LogP contribution in [0.2, 0.25) is 0 Å². The van der Waals surface area contributed by atoms with Gasteiger partial charge in [0.2, 0.25) is 0 Å². The number of alkyl halides is 3. The van der Waals surface area contributed by atoms with Crippen LogP contribution >= 0.6 is 0 Å². The Labute approximate surface area is 167 Å². The summed E-state index contributed by atoms with van der Waals surface area (Å²) in [5.41, 5.74) is 3.74. The van der Waals surface area contributed by atoms with Gasteiger partial charge in [0, 0.05) is 18.5 Å². The molecule has 0 spiro atoms. The zero-order valence-electron chi connectivity index (χ0n) is 16.4. The van der Waals surface area contributed by atoms with Gasteiger partial charge in [-0.2, -0.15) is 0 Å². The molecule has 1 heterocycles. The first-order chi connectivity index (χ1) is 13.7. The number of hydrogen-bond acceptors (Lipinski definition) is 5. The summed E-state index contributed by atoms with van der Waals surface area (Å²) < 4.78 is 52.5. The van der Waals surface area contributed by atoms with Crippen LogP contribution in [0.25, 0.3) is 0 Å². The summed E-state index contributed by atoms with van der Waals surface area (Å²) in [5, 5.41) is 0. The smallest absolute Gasteiger partial charge is 0.500 e. The number of methoxy groups -OCH3 is 1. The van der Waals surface area contributed by atoms with E-state index in [1.165, 1.54) is 12.1 Å². The minimum absolute atomic E-state index is 0.141. The van der Waals surface area contributed by atoms with Gasteiger partial charge >= 0.3 is 6.36 Å². The molecule has 8 heteroatoms. The van der Waals surface area contributed by atoms with E-state index in [1.54, 1.807) is 7.11 Å². The van der Waals surface area contributed by atoms with Gasteiger partial charge < -0.3 is 19.1 Å². The molecule has 29 heavy (non-hydrogen) atoms. The Hall–Kier alpha value is -2.74. The molecule has 0 fully saturated rings. The molecule has 0 unspecified atom stereocenters. The highest BCUT2D eigenvalue weighted by atomic mass is 19.4. The first-order valence-corrected chi connectivity index (χ1v) is 9.03. The number of ketones is 1. The number of carbonyl (C=O) groups is 1. The van der Waals surface area contributed by atoms with Crippen LogP contribution in [0.4, 0.5) is 18.9 Å². The fourth-order valence-electron chi connectivity index (χ4n) is 3.44. The van der Waals surface area contributed by atoms with Gasteiger partial charge in [-0.15, -0.1) is 13.2 Å². The van der Waals surface area contributed by atoms with Gasteiger partial charge in [-0.1, -0.05) is 17.7 Å². The largest absolute Gasteiger partial charge is 0.573 e. The zero-order chi connectivity index (χ0) is 21.2. The lowest BCUT2D eigenvalue weighted by Gasteiger charge is -2.25. The quantitative estimate of drug-likeness (QED) is 0.718. The lowest BCUT2D eigenvalue weighted by molar-refractivity contribution is -0.274. The van der Waals surface area contributed by atoms with Crippen LogP contribution in [0.3, 0.4) is 0 Å². The SMILES string of the molecule is COC1=C(C)C=C(CN2COCC(=O)c3cc(OC(F)(F)F)ccc32)C=C(C)C1. The van der Waals surface area contributed by atoms with Crippen LogP contribution in [0, 0.1) is 0 Å². The first-order valence-electron chi connectivity index (χ1n) is 9.03. The van der Waals surface area contributed by atoms with E-state index in [0.717, 1.165) is 28.5 Å². The van der Waals surface area contributed by atoms with E-state index >= 15 is 0 Å². The highest BCUT2D eigenvalue weighted by molar-refractivity contribution is 6.03. The maximum absolute atomic E-state index is 12.5. The highest BCUT2D eigenvalue weighted by Crippen LogP contribution is 2.32. The Kier molecular flexibility index (Phi) is 6.02. The molecule has 0 amide bonds. The molecule has 5 nitrogen and oxygen atoms in total. The second kappa shape index (κ2) is 8.32. The van der Waals surface area contributed by atoms with Crippen molar-refractivity contribution >= 4 is 11.5 Å². The molecule has 1 aliphatic carbocycles. The van der Waals surface area contributed by atoms with Gasteiger partial charge in [0.15, 0.2) is 5.78 Å². The zero-order valence-corrected chi connectivity index (χ0v) is 16.4. The molecule has 0 saturated carbocycles. The second-order valence-corrected chi connectivity index (χ2v) is 7.02. The molecule has 0 saturated heterocycles. The van der Waals surface area contributed by atoms with E-state index in [-0.39, 0.29) is 18.9 Å². The van der Waals surface area contributed by atoms with Crippen molar-refractivity contribution in [3.63, 3.8) is 0 Å². The van der Waals surface area contributed by atoms with Crippen molar-refractivity contribution in [1.29, 1.82) is 0 Å². The number of fused-ring (bicyclic) bond motifs is 1. The maximum atomic E-state index is 12.5. The van der Waals surface area contributed by atoms with Gasteiger partial charge in [-0.05, 0) is 43.2 Å². The maximum Gasteiger partial charge on any atom is 0.573 e. The lowest BCUT2D eigenvalue weighted by atomic mass is 10.1. The minimum atomic E-state index is -4.82. The molecule has 0 radical (unpaired) electrons. The number of hydrogen-bond donors (Lipinski definition) is 0. The number of halogens is 3. The van der Waals surface area contributed by atoms with Gasteiger partial charge in [0.25, 0.3) is 0 Å². The number of carbonyl (C=O) groups excluding carboxylic acids is 1. The molecule has 0 atom stereocenters. The van der Waals surface area contributed by atoms with E-state index in [4.69, 9.17) is 9.47 Å². The summed E-state index contributed by atoms with van der Waals surface area (Å²) in [6.45, 7) is 4.32. The molecule has 0 bridgehead atoms. The Bertz CT molecular complexity index is 900. The molecule has 156 valence electrons. The summed E-state index contributed by atoms with van der Waals surface area (Å²) >= 11 is 0. The molecule has 2 aliphatic rings. The van der Waals surface area contributed by atoms with E-state index in [1.807, 2.05) is 30.9 Å². The van der Waals surface area contributed by atoms with Crippen molar-refractivity contribution in [3.05, 3.63) is 58.4 Å². The predicted molar refractivity (Wildman–Crippen MR) is 102 cm³/mol. The average molecular weight is 409 g/mol. The summed E-state index contributed by atoms with van der Waals surface area (Å²) in [4.78, 5) is 14.2. The number of rotatable bonds is 4. The van der Waals surface area contributed by atoms with E-state index in [9.17, 15) is 18.0 Å². The third kappa shape index (κ3) is 5.20. The van der Waals surface area contributed by atoms with Gasteiger partial charge in [0.1, 0.15) is 24.8 Å². The molecule has 3 rings (SSSR count). The molecule has 1 aromatic rings. The van der Waals surface area contributed by atoms with Crippen molar-refractivity contribution in [2.45, 2.75) is 26.6 Å². The average Bonchev–Trinajstić information content (AvgIpc) is 2.86. The Morgan fingerprint density at radius 3 is 2.66 bits per heavy atom. The molecular formula is C21H22F3NO4. The van der Waals surface area contributed by atoms with Crippen LogP contribution in [-0.4, -0.2) is 39.1 Å². The van der Waals surface area contributed by atoms with Crippen molar-refractivity contribution in [3.8, 4) is 5.75 Å². The predicted octanol–water partition coefficient (Wildman–Crippen LogP) is 4.76. The number of anilines is 1. The van der Waals surface area contributed by atoms with E-state index in [0.29, 0.717) is 18.7 Å². The Balaban J connectivity index is 1.93. The molecule has 0 aromatic heterocycles. The topological polar surface area (TPSA) is 48.0 Å². The Morgan fingerprint density at radius 2 is 1.97 bits per heavy atom. The standard InChI is InChI=1S/C21H22F3NO4/c1-13-6-15(8-14(2)20(7-13)27-3)10-25-12-28-11-19(26)17-9-16(4-5-18(17)25)29-21(22,23)24/h4-6,8-9H,7,10-12H2,1-3H3. The third-order valence-corrected chi connectivity index (χ3v) is 4.66. The van der Waals surface area contributed by atoms with Crippen LogP contribution in [0.15, 0.2) is 52.8 Å². The lowest BCUT2D eigenvalue weighted by Crippen LogP contribution is -2.27. The first kappa shape index (κ1) is 21.0. The Morgan fingerprint density at radius 1 is 1.21 bits per heavy atom. The summed E-state index contributed by atoms with van der Waals surface area (Å²) in [6.07, 6.45) is -0.0768. The van der Waals surface area contributed by atoms with Crippen molar-refractivity contribution in [1.82, 2.24) is 0 Å².